The van der Waals surface area contributed by atoms with E-state index < -0.39 is 0 Å². The minimum Gasteiger partial charge on any atom is -0.381 e. The lowest BCUT2D eigenvalue weighted by Gasteiger charge is -2.13. The fourth-order valence-corrected chi connectivity index (χ4v) is 2.26. The number of hydrogen-bond donors (Lipinski definition) is 0. The fraction of sp³-hybridized carbons (Fsp3) is 1.00. The number of rotatable bonds is 9. The zero-order chi connectivity index (χ0) is 10.8. The standard InChI is InChI=1S/C12H25BrO/c1-4-5-12(3)10-14-9-7-11(2)6-8-13/h11-12H,4-10H2,1-3H3. The van der Waals surface area contributed by atoms with Crippen LogP contribution in [-0.2, 0) is 4.74 Å². The van der Waals surface area contributed by atoms with Crippen LogP contribution in [0.15, 0.2) is 0 Å². The highest BCUT2D eigenvalue weighted by atomic mass is 79.9. The number of alkyl halides is 1. The summed E-state index contributed by atoms with van der Waals surface area (Å²) in [6.45, 7) is 8.66. The van der Waals surface area contributed by atoms with Crippen LogP contribution in [0.4, 0.5) is 0 Å². The Balaban J connectivity index is 3.19. The summed E-state index contributed by atoms with van der Waals surface area (Å²) in [6, 6.07) is 0. The van der Waals surface area contributed by atoms with Gasteiger partial charge in [0.05, 0.1) is 0 Å². The summed E-state index contributed by atoms with van der Waals surface area (Å²) < 4.78 is 5.65. The van der Waals surface area contributed by atoms with Crippen molar-refractivity contribution in [3.05, 3.63) is 0 Å². The molecule has 1 nitrogen and oxygen atoms in total. The van der Waals surface area contributed by atoms with Gasteiger partial charge in [0.15, 0.2) is 0 Å². The zero-order valence-corrected chi connectivity index (χ0v) is 11.5. The minimum atomic E-state index is 0.728. The van der Waals surface area contributed by atoms with E-state index in [1.54, 1.807) is 0 Å². The van der Waals surface area contributed by atoms with Gasteiger partial charge in [-0.05, 0) is 31.1 Å². The molecule has 0 aromatic heterocycles. The molecule has 0 fully saturated rings. The lowest BCUT2D eigenvalue weighted by atomic mass is 10.1. The van der Waals surface area contributed by atoms with Gasteiger partial charge in [-0.2, -0.15) is 0 Å². The van der Waals surface area contributed by atoms with Gasteiger partial charge in [-0.1, -0.05) is 43.1 Å². The predicted molar refractivity (Wildman–Crippen MR) is 67.1 cm³/mol. The first kappa shape index (κ1) is 14.4. The van der Waals surface area contributed by atoms with Crippen LogP contribution in [-0.4, -0.2) is 18.5 Å². The molecule has 0 rings (SSSR count). The van der Waals surface area contributed by atoms with E-state index in [1.807, 2.05) is 0 Å². The summed E-state index contributed by atoms with van der Waals surface area (Å²) >= 11 is 3.46. The highest BCUT2D eigenvalue weighted by Crippen LogP contribution is 2.10. The first-order valence-electron chi connectivity index (χ1n) is 5.84. The van der Waals surface area contributed by atoms with Gasteiger partial charge in [-0.25, -0.2) is 0 Å². The van der Waals surface area contributed by atoms with Crippen LogP contribution in [0.5, 0.6) is 0 Å². The molecule has 0 aliphatic carbocycles. The van der Waals surface area contributed by atoms with Crippen molar-refractivity contribution in [2.75, 3.05) is 18.5 Å². The summed E-state index contributed by atoms with van der Waals surface area (Å²) in [4.78, 5) is 0. The molecule has 0 N–H and O–H groups in total. The van der Waals surface area contributed by atoms with Crippen molar-refractivity contribution in [1.29, 1.82) is 0 Å². The molecule has 2 atom stereocenters. The molecule has 0 aromatic rings. The number of halogens is 1. The molecule has 0 amide bonds. The maximum absolute atomic E-state index is 5.65. The summed E-state index contributed by atoms with van der Waals surface area (Å²) in [5.41, 5.74) is 0. The predicted octanol–water partition coefficient (Wildman–Crippen LogP) is 4.25. The van der Waals surface area contributed by atoms with Crippen molar-refractivity contribution >= 4 is 15.9 Å². The van der Waals surface area contributed by atoms with Gasteiger partial charge in [-0.15, -0.1) is 0 Å². The Morgan fingerprint density at radius 2 is 1.79 bits per heavy atom. The maximum atomic E-state index is 5.65. The van der Waals surface area contributed by atoms with Gasteiger partial charge in [0, 0.05) is 18.5 Å². The van der Waals surface area contributed by atoms with E-state index in [-0.39, 0.29) is 0 Å². The molecule has 0 bridgehead atoms. The number of hydrogen-bond acceptors (Lipinski definition) is 1. The summed E-state index contributed by atoms with van der Waals surface area (Å²) in [5.74, 6) is 1.52. The second kappa shape index (κ2) is 9.97. The van der Waals surface area contributed by atoms with Crippen LogP contribution in [0.2, 0.25) is 0 Å². The molecule has 14 heavy (non-hydrogen) atoms. The molecule has 2 unspecified atom stereocenters. The van der Waals surface area contributed by atoms with Crippen LogP contribution in [0.1, 0.15) is 46.5 Å². The average Bonchev–Trinajstić information content (AvgIpc) is 2.13. The lowest BCUT2D eigenvalue weighted by Crippen LogP contribution is -2.09. The molecular formula is C12H25BrO. The van der Waals surface area contributed by atoms with Crippen LogP contribution in [0.3, 0.4) is 0 Å². The van der Waals surface area contributed by atoms with Gasteiger partial charge in [0.2, 0.25) is 0 Å². The molecule has 0 aromatic carbocycles. The first-order chi connectivity index (χ1) is 6.70. The molecule has 0 saturated heterocycles. The Kier molecular flexibility index (Phi) is 10.3. The normalized spacial score (nSPS) is 15.4. The van der Waals surface area contributed by atoms with E-state index >= 15 is 0 Å². The fourth-order valence-electron chi connectivity index (χ4n) is 1.48. The van der Waals surface area contributed by atoms with E-state index in [4.69, 9.17) is 4.74 Å². The van der Waals surface area contributed by atoms with Crippen molar-refractivity contribution in [2.24, 2.45) is 11.8 Å². The highest BCUT2D eigenvalue weighted by molar-refractivity contribution is 9.09. The molecule has 0 saturated carbocycles. The monoisotopic (exact) mass is 264 g/mol. The van der Waals surface area contributed by atoms with Gasteiger partial charge in [0.1, 0.15) is 0 Å². The van der Waals surface area contributed by atoms with Crippen LogP contribution in [0, 0.1) is 11.8 Å². The van der Waals surface area contributed by atoms with Crippen molar-refractivity contribution in [3.8, 4) is 0 Å². The third kappa shape index (κ3) is 9.01. The molecule has 86 valence electrons. The van der Waals surface area contributed by atoms with Crippen LogP contribution < -0.4 is 0 Å². The number of ether oxygens (including phenoxy) is 1. The third-order valence-electron chi connectivity index (χ3n) is 2.54. The Labute approximate surface area is 97.7 Å². The second-order valence-electron chi connectivity index (χ2n) is 4.34. The summed E-state index contributed by atoms with van der Waals surface area (Å²) in [5, 5.41) is 1.11. The Morgan fingerprint density at radius 1 is 1.07 bits per heavy atom. The van der Waals surface area contributed by atoms with Crippen molar-refractivity contribution in [2.45, 2.75) is 46.5 Å². The maximum Gasteiger partial charge on any atom is 0.0491 e. The second-order valence-corrected chi connectivity index (χ2v) is 5.13. The average molecular weight is 265 g/mol. The van der Waals surface area contributed by atoms with E-state index in [0.29, 0.717) is 0 Å². The van der Waals surface area contributed by atoms with Crippen molar-refractivity contribution < 1.29 is 4.74 Å². The quantitative estimate of drug-likeness (QED) is 0.447. The Bertz CT molecular complexity index is 103. The molecule has 0 aliphatic rings. The molecule has 0 spiro atoms. The third-order valence-corrected chi connectivity index (χ3v) is 3.00. The van der Waals surface area contributed by atoms with Gasteiger partial charge >= 0.3 is 0 Å². The molecule has 0 radical (unpaired) electrons. The summed E-state index contributed by atoms with van der Waals surface area (Å²) in [6.07, 6.45) is 5.01. The summed E-state index contributed by atoms with van der Waals surface area (Å²) in [7, 11) is 0. The highest BCUT2D eigenvalue weighted by Gasteiger charge is 2.03. The SMILES string of the molecule is CCCC(C)COCCC(C)CCBr. The van der Waals surface area contributed by atoms with Gasteiger partial charge in [0.25, 0.3) is 0 Å². The Hall–Kier alpha value is 0.440. The first-order valence-corrected chi connectivity index (χ1v) is 6.96. The zero-order valence-electron chi connectivity index (χ0n) is 9.89. The molecular weight excluding hydrogens is 240 g/mol. The van der Waals surface area contributed by atoms with Crippen molar-refractivity contribution in [3.63, 3.8) is 0 Å². The largest absolute Gasteiger partial charge is 0.381 e. The topological polar surface area (TPSA) is 9.23 Å². The lowest BCUT2D eigenvalue weighted by molar-refractivity contribution is 0.0918. The van der Waals surface area contributed by atoms with E-state index in [2.05, 4.69) is 36.7 Å². The molecule has 2 heteroatoms. The Morgan fingerprint density at radius 3 is 2.36 bits per heavy atom. The van der Waals surface area contributed by atoms with Crippen LogP contribution in [0.25, 0.3) is 0 Å². The van der Waals surface area contributed by atoms with Gasteiger partial charge < -0.3 is 4.74 Å². The smallest absolute Gasteiger partial charge is 0.0491 e. The van der Waals surface area contributed by atoms with E-state index in [9.17, 15) is 0 Å². The van der Waals surface area contributed by atoms with Crippen LogP contribution >= 0.6 is 15.9 Å². The van der Waals surface area contributed by atoms with E-state index in [1.165, 1.54) is 25.7 Å². The molecule has 0 aliphatic heterocycles. The van der Waals surface area contributed by atoms with Gasteiger partial charge in [-0.3, -0.25) is 0 Å². The van der Waals surface area contributed by atoms with E-state index in [0.717, 1.165) is 30.4 Å². The minimum absolute atomic E-state index is 0.728. The molecule has 0 heterocycles. The van der Waals surface area contributed by atoms with Crippen molar-refractivity contribution in [1.82, 2.24) is 0 Å².